The Labute approximate surface area is 172 Å². The summed E-state index contributed by atoms with van der Waals surface area (Å²) in [6.45, 7) is 0. The molecule has 0 aliphatic rings. The van der Waals surface area contributed by atoms with Crippen LogP contribution >= 0.6 is 22.7 Å². The highest BCUT2D eigenvalue weighted by molar-refractivity contribution is 7.90. The largest absolute Gasteiger partial charge is 0.431 e. The van der Waals surface area contributed by atoms with Crippen molar-refractivity contribution in [1.82, 2.24) is 9.97 Å². The van der Waals surface area contributed by atoms with Gasteiger partial charge in [0.2, 0.25) is 0 Å². The van der Waals surface area contributed by atoms with Gasteiger partial charge in [-0.15, -0.1) is 11.3 Å². The molecule has 0 saturated heterocycles. The number of hydrogen-bond donors (Lipinski definition) is 2. The maximum atomic E-state index is 12.4. The van der Waals surface area contributed by atoms with Gasteiger partial charge in [-0.1, -0.05) is 17.4 Å². The molecule has 3 heterocycles. The third kappa shape index (κ3) is 4.18. The number of thiophene rings is 1. The van der Waals surface area contributed by atoms with Crippen molar-refractivity contribution in [1.29, 1.82) is 0 Å². The van der Waals surface area contributed by atoms with Gasteiger partial charge in [-0.25, -0.2) is 13.4 Å². The smallest absolute Gasteiger partial charge is 0.302 e. The van der Waals surface area contributed by atoms with Crippen molar-refractivity contribution < 1.29 is 22.4 Å². The topological polar surface area (TPSA) is 131 Å². The zero-order valence-corrected chi connectivity index (χ0v) is 17.2. The van der Waals surface area contributed by atoms with Crippen molar-refractivity contribution in [2.24, 2.45) is 0 Å². The zero-order valence-electron chi connectivity index (χ0n) is 14.7. The fourth-order valence-corrected chi connectivity index (χ4v) is 4.59. The predicted molar refractivity (Wildman–Crippen MR) is 109 cm³/mol. The molecular formula is C17H12N4O5S3. The number of nitrogens with one attached hydrogen (secondary N) is 2. The van der Waals surface area contributed by atoms with E-state index in [1.807, 2.05) is 0 Å². The molecule has 4 aromatic rings. The number of nitrogens with zero attached hydrogens (tertiary/aromatic N) is 2. The minimum absolute atomic E-state index is 0.0393. The first-order valence-electron chi connectivity index (χ1n) is 8.02. The van der Waals surface area contributed by atoms with Crippen molar-refractivity contribution in [2.45, 2.75) is 4.90 Å². The Morgan fingerprint density at radius 1 is 1.10 bits per heavy atom. The molecule has 3 aromatic heterocycles. The van der Waals surface area contributed by atoms with E-state index in [1.165, 1.54) is 23.5 Å². The summed E-state index contributed by atoms with van der Waals surface area (Å²) in [5.41, 5.74) is 0.518. The minimum Gasteiger partial charge on any atom is -0.431 e. The summed E-state index contributed by atoms with van der Waals surface area (Å²) >= 11 is 2.40. The first kappa shape index (κ1) is 19.2. The number of thiazole rings is 1. The summed E-state index contributed by atoms with van der Waals surface area (Å²) in [6, 6.07) is 7.83. The Hall–Kier alpha value is -3.09. The Morgan fingerprint density at radius 3 is 2.66 bits per heavy atom. The summed E-state index contributed by atoms with van der Waals surface area (Å²) in [4.78, 5) is 33.2. The molecule has 0 saturated carbocycles. The fraction of sp³-hybridized carbons (Fsp3) is 0.0588. The molecule has 0 aliphatic carbocycles. The first-order chi connectivity index (χ1) is 13.8. The summed E-state index contributed by atoms with van der Waals surface area (Å²) in [5, 5.41) is 7.10. The van der Waals surface area contributed by atoms with Gasteiger partial charge in [0.1, 0.15) is 6.26 Å². The van der Waals surface area contributed by atoms with Crippen LogP contribution in [0.4, 0.5) is 11.1 Å². The number of rotatable bonds is 5. The molecule has 0 spiro atoms. The van der Waals surface area contributed by atoms with Crippen molar-refractivity contribution >= 4 is 65.7 Å². The van der Waals surface area contributed by atoms with Crippen LogP contribution in [0.15, 0.2) is 51.3 Å². The number of oxazole rings is 1. The Balaban J connectivity index is 1.48. The Bertz CT molecular complexity index is 1320. The zero-order chi connectivity index (χ0) is 20.6. The van der Waals surface area contributed by atoms with Gasteiger partial charge in [-0.3, -0.25) is 20.2 Å². The quantitative estimate of drug-likeness (QED) is 0.479. The standard InChI is InChI=1S/C17H12N4O5S3/c1-29(24,25)9-4-5-10-13(7-9)28-17(19-10)21-14(22)11-8-26-16(18-11)20-15(23)12-3-2-6-27-12/h2-8H,1H3,(H,18,20,23)(H,19,21,22). The van der Waals surface area contributed by atoms with E-state index in [0.29, 0.717) is 15.1 Å². The Kier molecular flexibility index (Phi) is 4.90. The molecule has 148 valence electrons. The van der Waals surface area contributed by atoms with Crippen molar-refractivity contribution in [3.63, 3.8) is 0 Å². The molecule has 0 bridgehead atoms. The maximum Gasteiger partial charge on any atom is 0.302 e. The van der Waals surface area contributed by atoms with Gasteiger partial charge in [-0.05, 0) is 29.6 Å². The molecule has 1 aromatic carbocycles. The molecule has 9 nitrogen and oxygen atoms in total. The molecular weight excluding hydrogens is 436 g/mol. The number of hydrogen-bond acceptors (Lipinski definition) is 9. The monoisotopic (exact) mass is 448 g/mol. The van der Waals surface area contributed by atoms with E-state index in [0.717, 1.165) is 23.9 Å². The SMILES string of the molecule is CS(=O)(=O)c1ccc2nc(NC(=O)c3coc(NC(=O)c4cccs4)n3)sc2c1. The second kappa shape index (κ2) is 7.39. The number of fused-ring (bicyclic) bond motifs is 1. The van der Waals surface area contributed by atoms with Crippen LogP contribution in [0.1, 0.15) is 20.2 Å². The molecule has 2 amide bonds. The highest BCUT2D eigenvalue weighted by atomic mass is 32.2. The van der Waals surface area contributed by atoms with Gasteiger partial charge >= 0.3 is 6.01 Å². The van der Waals surface area contributed by atoms with Crippen molar-refractivity contribution in [3.8, 4) is 0 Å². The number of sulfone groups is 1. The minimum atomic E-state index is -3.34. The van der Waals surface area contributed by atoms with E-state index in [2.05, 4.69) is 20.6 Å². The predicted octanol–water partition coefficient (Wildman–Crippen LogP) is 3.25. The summed E-state index contributed by atoms with van der Waals surface area (Å²) < 4.78 is 29.1. The van der Waals surface area contributed by atoms with E-state index in [-0.39, 0.29) is 27.6 Å². The second-order valence-corrected chi connectivity index (χ2v) is 9.84. The van der Waals surface area contributed by atoms with Crippen molar-refractivity contribution in [2.75, 3.05) is 16.9 Å². The summed E-state index contributed by atoms with van der Waals surface area (Å²) in [5.74, 6) is -0.963. The third-order valence-electron chi connectivity index (χ3n) is 3.71. The fourth-order valence-electron chi connectivity index (χ4n) is 2.35. The number of amides is 2. The second-order valence-electron chi connectivity index (χ2n) is 5.84. The highest BCUT2D eigenvalue weighted by Gasteiger charge is 2.17. The van der Waals surface area contributed by atoms with Crippen LogP contribution in [0.2, 0.25) is 0 Å². The van der Waals surface area contributed by atoms with Crippen LogP contribution in [-0.4, -0.2) is 36.5 Å². The lowest BCUT2D eigenvalue weighted by molar-refractivity contribution is 0.101. The van der Waals surface area contributed by atoms with E-state index in [1.54, 1.807) is 23.6 Å². The molecule has 0 aliphatic heterocycles. The molecule has 29 heavy (non-hydrogen) atoms. The first-order valence-corrected chi connectivity index (χ1v) is 11.6. The third-order valence-corrected chi connectivity index (χ3v) is 6.62. The lowest BCUT2D eigenvalue weighted by atomic mass is 10.3. The van der Waals surface area contributed by atoms with E-state index in [9.17, 15) is 18.0 Å². The van der Waals surface area contributed by atoms with Gasteiger partial charge in [0.05, 0.1) is 20.0 Å². The Morgan fingerprint density at radius 2 is 1.93 bits per heavy atom. The molecule has 4 rings (SSSR count). The lowest BCUT2D eigenvalue weighted by Crippen LogP contribution is -2.13. The van der Waals surface area contributed by atoms with E-state index < -0.39 is 15.7 Å². The average Bonchev–Trinajstić information content (AvgIpc) is 3.40. The van der Waals surface area contributed by atoms with E-state index >= 15 is 0 Å². The van der Waals surface area contributed by atoms with Gasteiger partial charge in [0.15, 0.2) is 20.7 Å². The number of anilines is 2. The van der Waals surface area contributed by atoms with Gasteiger partial charge in [-0.2, -0.15) is 4.98 Å². The summed E-state index contributed by atoms with van der Waals surface area (Å²) in [7, 11) is -3.34. The maximum absolute atomic E-state index is 12.4. The normalized spacial score (nSPS) is 11.5. The highest BCUT2D eigenvalue weighted by Crippen LogP contribution is 2.28. The van der Waals surface area contributed by atoms with Crippen LogP contribution < -0.4 is 10.6 Å². The van der Waals surface area contributed by atoms with Crippen LogP contribution in [0.25, 0.3) is 10.2 Å². The van der Waals surface area contributed by atoms with Gasteiger partial charge in [0, 0.05) is 6.26 Å². The lowest BCUT2D eigenvalue weighted by Gasteiger charge is -1.97. The molecule has 2 N–H and O–H groups in total. The van der Waals surface area contributed by atoms with E-state index in [4.69, 9.17) is 4.42 Å². The van der Waals surface area contributed by atoms with Gasteiger partial charge in [0.25, 0.3) is 11.8 Å². The molecule has 0 fully saturated rings. The molecule has 0 radical (unpaired) electrons. The number of aromatic nitrogens is 2. The van der Waals surface area contributed by atoms with Crippen LogP contribution in [0, 0.1) is 0 Å². The summed E-state index contributed by atoms with van der Waals surface area (Å²) in [6.07, 6.45) is 2.24. The molecule has 0 atom stereocenters. The number of benzene rings is 1. The van der Waals surface area contributed by atoms with Crippen LogP contribution in [0.3, 0.4) is 0 Å². The van der Waals surface area contributed by atoms with Crippen LogP contribution in [-0.2, 0) is 9.84 Å². The number of carbonyl (C=O) groups excluding carboxylic acids is 2. The van der Waals surface area contributed by atoms with Crippen molar-refractivity contribution in [3.05, 3.63) is 52.5 Å². The molecule has 0 unspecified atom stereocenters. The van der Waals surface area contributed by atoms with Gasteiger partial charge < -0.3 is 4.42 Å². The van der Waals surface area contributed by atoms with Crippen LogP contribution in [0.5, 0.6) is 0 Å². The number of carbonyl (C=O) groups is 2. The molecule has 12 heteroatoms. The average molecular weight is 449 g/mol.